The molecule has 1 aliphatic rings. The molecule has 1 aliphatic carbocycles. The molecule has 0 saturated heterocycles. The van der Waals surface area contributed by atoms with Crippen molar-refractivity contribution in [3.63, 3.8) is 0 Å². The van der Waals surface area contributed by atoms with Crippen LogP contribution < -0.4 is 10.6 Å². The van der Waals surface area contributed by atoms with Crippen molar-refractivity contribution in [1.82, 2.24) is 29.9 Å². The molecule has 4 N–H and O–H groups in total. The van der Waals surface area contributed by atoms with E-state index in [0.29, 0.717) is 17.8 Å². The summed E-state index contributed by atoms with van der Waals surface area (Å²) in [5, 5.41) is 24.8. The van der Waals surface area contributed by atoms with Crippen LogP contribution in [0.1, 0.15) is 47.6 Å². The van der Waals surface area contributed by atoms with Gasteiger partial charge in [-0.1, -0.05) is 20.1 Å². The number of fused-ring (bicyclic) bond motifs is 1. The molecule has 3 heterocycles. The Balaban J connectivity index is 0.00000196. The van der Waals surface area contributed by atoms with E-state index in [4.69, 9.17) is 0 Å². The summed E-state index contributed by atoms with van der Waals surface area (Å²) >= 11 is 0. The van der Waals surface area contributed by atoms with Gasteiger partial charge in [0.2, 0.25) is 5.95 Å². The second-order valence-electron chi connectivity index (χ2n) is 6.65. The minimum atomic E-state index is -0.133. The molecule has 29 heavy (non-hydrogen) atoms. The second-order valence-corrected chi connectivity index (χ2v) is 6.65. The van der Waals surface area contributed by atoms with Crippen LogP contribution in [-0.2, 0) is 0 Å². The maximum atomic E-state index is 9.21. The van der Waals surface area contributed by atoms with Gasteiger partial charge in [-0.2, -0.15) is 37.0 Å². The lowest BCUT2D eigenvalue weighted by molar-refractivity contribution is 0.228. The number of H-pyrrole nitrogens is 1. The van der Waals surface area contributed by atoms with Crippen molar-refractivity contribution < 1.29 is 5.11 Å². The van der Waals surface area contributed by atoms with E-state index in [1.54, 1.807) is 10.9 Å². The van der Waals surface area contributed by atoms with Crippen LogP contribution in [0.4, 0.5) is 17.6 Å². The number of hydrogen-bond donors (Lipinski definition) is 4. The molecule has 0 unspecified atom stereocenters. The maximum Gasteiger partial charge on any atom is 0.232 e. The first kappa shape index (κ1) is 27.0. The average molecular weight is 443 g/mol. The van der Waals surface area contributed by atoms with E-state index in [1.165, 1.54) is 12.8 Å². The highest BCUT2D eigenvalue weighted by Gasteiger charge is 2.28. The van der Waals surface area contributed by atoms with Crippen molar-refractivity contribution in [3.05, 3.63) is 18.5 Å². The van der Waals surface area contributed by atoms with E-state index < -0.39 is 0 Å². The molecule has 11 heteroatoms. The number of aromatic amines is 1. The van der Waals surface area contributed by atoms with Gasteiger partial charge in [-0.25, -0.2) is 4.68 Å². The minimum Gasteiger partial charge on any atom is -0.394 e. The molecule has 3 aromatic heterocycles. The molecule has 1 saturated carbocycles. The third-order valence-corrected chi connectivity index (χ3v) is 4.58. The van der Waals surface area contributed by atoms with Crippen molar-refractivity contribution in [2.45, 2.75) is 53.6 Å². The van der Waals surface area contributed by atoms with Crippen molar-refractivity contribution in [3.8, 4) is 0 Å². The Bertz CT molecular complexity index is 880. The van der Waals surface area contributed by atoms with Gasteiger partial charge in [-0.3, -0.25) is 0 Å². The number of anilines is 3. The van der Waals surface area contributed by atoms with Crippen LogP contribution in [0.5, 0.6) is 0 Å². The molecule has 0 amide bonds. The van der Waals surface area contributed by atoms with Crippen LogP contribution in [0.25, 0.3) is 11.0 Å². The monoisotopic (exact) mass is 442 g/mol. The van der Waals surface area contributed by atoms with Crippen LogP contribution in [0, 0.1) is 5.92 Å². The van der Waals surface area contributed by atoms with Crippen LogP contribution in [0.15, 0.2) is 18.5 Å². The van der Waals surface area contributed by atoms with Crippen molar-refractivity contribution >= 4 is 55.6 Å². The Hall–Kier alpha value is -1.98. The highest BCUT2D eigenvalue weighted by Crippen LogP contribution is 2.34. The van der Waals surface area contributed by atoms with E-state index in [2.05, 4.69) is 42.8 Å². The van der Waals surface area contributed by atoms with E-state index in [0.717, 1.165) is 22.8 Å². The molecular weight excluding hydrogens is 408 g/mol. The van der Waals surface area contributed by atoms with Gasteiger partial charge < -0.3 is 20.7 Å². The molecule has 3 aromatic rings. The summed E-state index contributed by atoms with van der Waals surface area (Å²) in [6.45, 7) is 4.05. The van der Waals surface area contributed by atoms with Crippen LogP contribution in [0.3, 0.4) is 0 Å². The predicted molar refractivity (Wildman–Crippen MR) is 129 cm³/mol. The lowest BCUT2D eigenvalue weighted by Gasteiger charge is -2.15. The Morgan fingerprint density at radius 1 is 1.24 bits per heavy atom. The van der Waals surface area contributed by atoms with Crippen LogP contribution in [-0.4, -0.2) is 47.7 Å². The Morgan fingerprint density at radius 2 is 1.97 bits per heavy atom. The number of aliphatic hydroxyl groups excluding tert-OH is 1. The van der Waals surface area contributed by atoms with Gasteiger partial charge in [0.15, 0.2) is 5.82 Å². The average Bonchev–Trinajstić information content (AvgIpc) is 3.18. The van der Waals surface area contributed by atoms with E-state index in [-0.39, 0.29) is 54.5 Å². The number of rotatable bonds is 7. The summed E-state index contributed by atoms with van der Waals surface area (Å²) in [6.07, 6.45) is 6.12. The SMILES string of the molecule is C.C.C[C@H](Nc1nc(Nc2cn([C@@H](C)CO)nn2)nc2[nH]ccc12)C1CC1.S.S. The number of aliphatic hydroxyl groups is 1. The first-order valence-electron chi connectivity index (χ1n) is 8.55. The van der Waals surface area contributed by atoms with Crippen molar-refractivity contribution in [2.75, 3.05) is 17.2 Å². The smallest absolute Gasteiger partial charge is 0.232 e. The fourth-order valence-electron chi connectivity index (χ4n) is 2.78. The minimum absolute atomic E-state index is 0. The molecule has 0 spiro atoms. The van der Waals surface area contributed by atoms with Gasteiger partial charge in [0, 0.05) is 12.2 Å². The molecule has 9 nitrogen and oxygen atoms in total. The third kappa shape index (κ3) is 6.00. The number of nitrogens with one attached hydrogen (secondary N) is 3. The summed E-state index contributed by atoms with van der Waals surface area (Å²) in [7, 11) is 0. The molecule has 0 aliphatic heterocycles. The summed E-state index contributed by atoms with van der Waals surface area (Å²) in [6, 6.07) is 2.22. The Morgan fingerprint density at radius 3 is 2.62 bits per heavy atom. The van der Waals surface area contributed by atoms with Gasteiger partial charge in [0.05, 0.1) is 24.2 Å². The predicted octanol–water partition coefficient (Wildman–Crippen LogP) is 3.55. The van der Waals surface area contributed by atoms with E-state index in [1.807, 2.05) is 19.2 Å². The topological polar surface area (TPSA) is 117 Å². The fourth-order valence-corrected chi connectivity index (χ4v) is 2.78. The Kier molecular flexibility index (Phi) is 10.5. The largest absolute Gasteiger partial charge is 0.394 e. The maximum absolute atomic E-state index is 9.21. The molecule has 0 radical (unpaired) electrons. The molecule has 4 rings (SSSR count). The van der Waals surface area contributed by atoms with E-state index >= 15 is 0 Å². The van der Waals surface area contributed by atoms with E-state index in [9.17, 15) is 5.11 Å². The van der Waals surface area contributed by atoms with Gasteiger partial charge >= 0.3 is 0 Å². The zero-order valence-electron chi connectivity index (χ0n) is 15.3. The summed E-state index contributed by atoms with van der Waals surface area (Å²) in [4.78, 5) is 12.2. The number of hydrogen-bond acceptors (Lipinski definition) is 7. The molecule has 2 atom stereocenters. The first-order valence-corrected chi connectivity index (χ1v) is 8.55. The van der Waals surface area contributed by atoms with Gasteiger partial charge in [-0.05, 0) is 38.7 Å². The molecule has 1 fully saturated rings. The van der Waals surface area contributed by atoms with Gasteiger partial charge in [-0.15, -0.1) is 5.10 Å². The summed E-state index contributed by atoms with van der Waals surface area (Å²) < 4.78 is 1.60. The number of nitrogens with zero attached hydrogens (tertiary/aromatic N) is 5. The van der Waals surface area contributed by atoms with Crippen LogP contribution in [0.2, 0.25) is 0 Å². The molecule has 0 bridgehead atoms. The highest BCUT2D eigenvalue weighted by atomic mass is 32.1. The van der Waals surface area contributed by atoms with Gasteiger partial charge in [0.1, 0.15) is 11.5 Å². The zero-order valence-corrected chi connectivity index (χ0v) is 17.3. The summed E-state index contributed by atoms with van der Waals surface area (Å²) in [5.74, 6) is 2.51. The highest BCUT2D eigenvalue weighted by molar-refractivity contribution is 7.59. The normalized spacial score (nSPS) is 14.4. The quantitative estimate of drug-likeness (QED) is 0.442. The number of aromatic nitrogens is 6. The zero-order chi connectivity index (χ0) is 17.4. The first-order chi connectivity index (χ1) is 12.1. The molecule has 0 aromatic carbocycles. The molecular formula is C18H34N8OS2. The standard InChI is InChI=1S/C16H22N8O.2CH4.2H2S/c1-9(8-25)24-7-13(22-23-24)19-16-20-14-12(5-6-17-14)15(21-16)18-10(2)11-3-4-11;;;;/h5-7,9-11,25H,3-4,8H2,1-2H3,(H3,17,18,19,20,21);2*1H4;2*1H2/t9-,10-;;;;/m0..../s1. The second kappa shape index (κ2) is 11.3. The van der Waals surface area contributed by atoms with Crippen molar-refractivity contribution in [1.29, 1.82) is 0 Å². The Labute approximate surface area is 186 Å². The van der Waals surface area contributed by atoms with Crippen molar-refractivity contribution in [2.24, 2.45) is 5.92 Å². The molecule has 164 valence electrons. The third-order valence-electron chi connectivity index (χ3n) is 4.58. The lowest BCUT2D eigenvalue weighted by atomic mass is 10.2. The summed E-state index contributed by atoms with van der Waals surface area (Å²) in [5.41, 5.74) is 0.763. The lowest BCUT2D eigenvalue weighted by Crippen LogP contribution is -2.18. The van der Waals surface area contributed by atoms with Crippen LogP contribution >= 0.6 is 27.0 Å². The van der Waals surface area contributed by atoms with Gasteiger partial charge in [0.25, 0.3) is 0 Å². The fraction of sp³-hybridized carbons (Fsp3) is 0.556.